The first kappa shape index (κ1) is 16.6. The van der Waals surface area contributed by atoms with Crippen molar-refractivity contribution in [3.05, 3.63) is 28.8 Å². The molecule has 6 heteroatoms. The highest BCUT2D eigenvalue weighted by Gasteiger charge is 2.22. The molecule has 0 radical (unpaired) electrons. The van der Waals surface area contributed by atoms with Gasteiger partial charge in [-0.1, -0.05) is 27.7 Å². The van der Waals surface area contributed by atoms with Crippen molar-refractivity contribution in [3.8, 4) is 5.75 Å². The van der Waals surface area contributed by atoms with Gasteiger partial charge >= 0.3 is 10.1 Å². The standard InChI is InChI=1S/C14H19FO4S/c1-9(2)12-5-11(7-16)6-13(10(3)4)14(12)19-20(17,18)8-15/h5-7,9-10H,8H2,1-4H3. The van der Waals surface area contributed by atoms with E-state index in [1.165, 1.54) is 0 Å². The Balaban J connectivity index is 3.55. The predicted octanol–water partition coefficient (Wildman–Crippen LogP) is 3.38. The molecule has 0 N–H and O–H groups in total. The van der Waals surface area contributed by atoms with Crippen LogP contribution in [-0.2, 0) is 10.1 Å². The van der Waals surface area contributed by atoms with Crippen LogP contribution >= 0.6 is 0 Å². The lowest BCUT2D eigenvalue weighted by atomic mass is 9.92. The van der Waals surface area contributed by atoms with Gasteiger partial charge in [0.25, 0.3) is 0 Å². The average Bonchev–Trinajstić information content (AvgIpc) is 2.37. The van der Waals surface area contributed by atoms with E-state index in [1.54, 1.807) is 12.1 Å². The van der Waals surface area contributed by atoms with E-state index >= 15 is 0 Å². The molecule has 0 unspecified atom stereocenters. The lowest BCUT2D eigenvalue weighted by molar-refractivity contribution is 0.112. The molecule has 0 atom stereocenters. The number of hydrogen-bond donors (Lipinski definition) is 0. The van der Waals surface area contributed by atoms with E-state index in [9.17, 15) is 17.6 Å². The first-order valence-corrected chi connectivity index (χ1v) is 7.90. The molecular formula is C14H19FO4S. The van der Waals surface area contributed by atoms with Gasteiger partial charge in [-0.05, 0) is 35.1 Å². The van der Waals surface area contributed by atoms with Gasteiger partial charge in [0.1, 0.15) is 12.0 Å². The van der Waals surface area contributed by atoms with Gasteiger partial charge in [-0.2, -0.15) is 8.42 Å². The highest BCUT2D eigenvalue weighted by molar-refractivity contribution is 7.86. The molecule has 1 aromatic carbocycles. The summed E-state index contributed by atoms with van der Waals surface area (Å²) in [4.78, 5) is 11.0. The number of hydrogen-bond acceptors (Lipinski definition) is 4. The van der Waals surface area contributed by atoms with Crippen LogP contribution in [0.4, 0.5) is 4.39 Å². The Labute approximate surface area is 119 Å². The minimum Gasteiger partial charge on any atom is -0.380 e. The summed E-state index contributed by atoms with van der Waals surface area (Å²) in [5.41, 5.74) is 1.60. The maximum atomic E-state index is 12.5. The van der Waals surface area contributed by atoms with Crippen LogP contribution in [0.5, 0.6) is 5.75 Å². The van der Waals surface area contributed by atoms with Crippen molar-refractivity contribution in [2.45, 2.75) is 39.5 Å². The molecule has 0 aliphatic heterocycles. The summed E-state index contributed by atoms with van der Waals surface area (Å²) in [5.74, 6) is 0.0210. The highest BCUT2D eigenvalue weighted by atomic mass is 32.2. The Morgan fingerprint density at radius 1 is 1.15 bits per heavy atom. The second-order valence-electron chi connectivity index (χ2n) is 5.21. The Bertz CT molecular complexity index is 562. The smallest absolute Gasteiger partial charge is 0.339 e. The third-order valence-corrected chi connectivity index (χ3v) is 3.58. The molecule has 0 saturated carbocycles. The molecule has 0 aliphatic carbocycles. The van der Waals surface area contributed by atoms with Crippen molar-refractivity contribution in [3.63, 3.8) is 0 Å². The van der Waals surface area contributed by atoms with Gasteiger partial charge in [0.05, 0.1) is 0 Å². The number of benzene rings is 1. The molecule has 112 valence electrons. The summed E-state index contributed by atoms with van der Waals surface area (Å²) in [6.07, 6.45) is 0.700. The lowest BCUT2D eigenvalue weighted by Crippen LogP contribution is -2.14. The van der Waals surface area contributed by atoms with Crippen molar-refractivity contribution in [2.75, 3.05) is 6.01 Å². The van der Waals surface area contributed by atoms with Crippen molar-refractivity contribution in [1.82, 2.24) is 0 Å². The molecule has 0 bridgehead atoms. The van der Waals surface area contributed by atoms with E-state index in [0.717, 1.165) is 0 Å². The average molecular weight is 302 g/mol. The Hall–Kier alpha value is -1.43. The summed E-state index contributed by atoms with van der Waals surface area (Å²) in [5, 5.41) is 0. The van der Waals surface area contributed by atoms with E-state index in [4.69, 9.17) is 4.18 Å². The first-order valence-electron chi connectivity index (χ1n) is 6.33. The first-order chi connectivity index (χ1) is 9.21. The molecule has 0 amide bonds. The largest absolute Gasteiger partial charge is 0.380 e. The number of rotatable bonds is 6. The quantitative estimate of drug-likeness (QED) is 0.597. The van der Waals surface area contributed by atoms with Gasteiger partial charge in [0, 0.05) is 5.56 Å². The zero-order valence-corrected chi connectivity index (χ0v) is 12.8. The fraction of sp³-hybridized carbons (Fsp3) is 0.500. The fourth-order valence-corrected chi connectivity index (χ4v) is 2.36. The number of carbonyl (C=O) groups is 1. The van der Waals surface area contributed by atoms with E-state index < -0.39 is 16.1 Å². The topological polar surface area (TPSA) is 60.4 Å². The SMILES string of the molecule is CC(C)c1cc(C=O)cc(C(C)C)c1OS(=O)(=O)CF. The van der Waals surface area contributed by atoms with Crippen LogP contribution in [-0.4, -0.2) is 20.7 Å². The van der Waals surface area contributed by atoms with Crippen LogP contribution in [0.15, 0.2) is 12.1 Å². The normalized spacial score (nSPS) is 11.9. The monoisotopic (exact) mass is 302 g/mol. The van der Waals surface area contributed by atoms with E-state index in [1.807, 2.05) is 27.7 Å². The minimum atomic E-state index is -4.26. The summed E-state index contributed by atoms with van der Waals surface area (Å²) in [6, 6.07) is 1.57. The third-order valence-electron chi connectivity index (χ3n) is 2.89. The number of aldehydes is 1. The molecule has 20 heavy (non-hydrogen) atoms. The Kier molecular flexibility index (Phi) is 5.28. The van der Waals surface area contributed by atoms with Crippen molar-refractivity contribution in [1.29, 1.82) is 0 Å². The number of halogens is 1. The van der Waals surface area contributed by atoms with Gasteiger partial charge in [-0.25, -0.2) is 4.39 Å². The van der Waals surface area contributed by atoms with Crippen LogP contribution < -0.4 is 4.18 Å². The van der Waals surface area contributed by atoms with Gasteiger partial charge in [0.2, 0.25) is 6.01 Å². The third kappa shape index (κ3) is 3.79. The summed E-state index contributed by atoms with van der Waals surface area (Å²) in [7, 11) is -4.26. The zero-order valence-electron chi connectivity index (χ0n) is 12.0. The molecular weight excluding hydrogens is 283 g/mol. The van der Waals surface area contributed by atoms with Gasteiger partial charge in [-0.3, -0.25) is 4.79 Å². The molecule has 0 aliphatic rings. The Morgan fingerprint density at radius 2 is 1.60 bits per heavy atom. The molecule has 0 aromatic heterocycles. The van der Waals surface area contributed by atoms with Crippen LogP contribution in [0, 0.1) is 0 Å². The van der Waals surface area contributed by atoms with E-state index in [2.05, 4.69) is 0 Å². The second-order valence-corrected chi connectivity index (χ2v) is 6.71. The van der Waals surface area contributed by atoms with E-state index in [-0.39, 0.29) is 17.6 Å². The van der Waals surface area contributed by atoms with Gasteiger partial charge < -0.3 is 4.18 Å². The van der Waals surface area contributed by atoms with Crippen molar-refractivity contribution in [2.24, 2.45) is 0 Å². The maximum absolute atomic E-state index is 12.5. The summed E-state index contributed by atoms with van der Waals surface area (Å²) >= 11 is 0. The van der Waals surface area contributed by atoms with E-state index in [0.29, 0.717) is 23.0 Å². The fourth-order valence-electron chi connectivity index (χ4n) is 1.87. The Morgan fingerprint density at radius 3 is 1.90 bits per heavy atom. The number of carbonyl (C=O) groups excluding carboxylic acids is 1. The molecule has 0 fully saturated rings. The summed E-state index contributed by atoms with van der Waals surface area (Å²) in [6.45, 7) is 7.40. The van der Waals surface area contributed by atoms with Crippen LogP contribution in [0.3, 0.4) is 0 Å². The maximum Gasteiger partial charge on any atom is 0.339 e. The van der Waals surface area contributed by atoms with Gasteiger partial charge in [0.15, 0.2) is 0 Å². The second kappa shape index (κ2) is 6.35. The van der Waals surface area contributed by atoms with Crippen molar-refractivity contribution < 1.29 is 21.8 Å². The highest BCUT2D eigenvalue weighted by Crippen LogP contribution is 2.36. The minimum absolute atomic E-state index is 0.0581. The van der Waals surface area contributed by atoms with Crippen LogP contribution in [0.25, 0.3) is 0 Å². The molecule has 4 nitrogen and oxygen atoms in total. The molecule has 1 rings (SSSR count). The van der Waals surface area contributed by atoms with Crippen molar-refractivity contribution >= 4 is 16.4 Å². The molecule has 1 aromatic rings. The molecule has 0 spiro atoms. The zero-order chi connectivity index (χ0) is 15.5. The molecule has 0 heterocycles. The predicted molar refractivity (Wildman–Crippen MR) is 75.5 cm³/mol. The van der Waals surface area contributed by atoms with Crippen LogP contribution in [0.1, 0.15) is 61.0 Å². The molecule has 0 saturated heterocycles. The summed E-state index contributed by atoms with van der Waals surface area (Å²) < 4.78 is 40.2. The van der Waals surface area contributed by atoms with Crippen LogP contribution in [0.2, 0.25) is 0 Å². The number of alkyl halides is 1. The lowest BCUT2D eigenvalue weighted by Gasteiger charge is -2.19. The van der Waals surface area contributed by atoms with Gasteiger partial charge in [-0.15, -0.1) is 0 Å².